The lowest BCUT2D eigenvalue weighted by atomic mass is 9.82. The molecule has 0 aliphatic carbocycles. The van der Waals surface area contributed by atoms with Crippen LogP contribution >= 0.6 is 63.7 Å². The minimum absolute atomic E-state index is 0.0191. The number of halogens is 4. The predicted molar refractivity (Wildman–Crippen MR) is 246 cm³/mol. The zero-order valence-electron chi connectivity index (χ0n) is 33.3. The van der Waals surface area contributed by atoms with Crippen LogP contribution in [0.1, 0.15) is 135 Å². The summed E-state index contributed by atoms with van der Waals surface area (Å²) in [6, 6.07) is 21.5. The maximum atomic E-state index is 13.9. The summed E-state index contributed by atoms with van der Waals surface area (Å²) in [6.45, 7) is 21.0. The molecule has 56 heavy (non-hydrogen) atoms. The maximum Gasteiger partial charge on any atom is 0.195 e. The molecule has 0 spiro atoms. The summed E-state index contributed by atoms with van der Waals surface area (Å²) in [5.74, 6) is 15.5. The van der Waals surface area contributed by atoms with Crippen molar-refractivity contribution in [3.8, 4) is 36.0 Å². The summed E-state index contributed by atoms with van der Waals surface area (Å²) in [4.78, 5) is 27.8. The molecule has 0 fully saturated rings. The summed E-state index contributed by atoms with van der Waals surface area (Å²) in [5.41, 5.74) is 12.1. The van der Waals surface area contributed by atoms with E-state index in [0.717, 1.165) is 33.4 Å². The van der Waals surface area contributed by atoms with Gasteiger partial charge in [0.15, 0.2) is 11.6 Å². The highest BCUT2D eigenvalue weighted by Crippen LogP contribution is 2.35. The van der Waals surface area contributed by atoms with Gasteiger partial charge < -0.3 is 0 Å². The van der Waals surface area contributed by atoms with Crippen molar-refractivity contribution in [2.24, 2.45) is 0 Å². The van der Waals surface area contributed by atoms with Gasteiger partial charge in [0.1, 0.15) is 0 Å². The number of carbonyl (C=O) groups is 2. The van der Waals surface area contributed by atoms with Crippen LogP contribution in [-0.2, 0) is 10.8 Å². The van der Waals surface area contributed by atoms with E-state index in [2.05, 4.69) is 159 Å². The molecule has 0 unspecified atom stereocenters. The van der Waals surface area contributed by atoms with Crippen molar-refractivity contribution < 1.29 is 9.59 Å². The highest BCUT2D eigenvalue weighted by Gasteiger charge is 2.25. The molecule has 0 N–H and O–H groups in total. The van der Waals surface area contributed by atoms with E-state index in [-0.39, 0.29) is 22.4 Å². The minimum atomic E-state index is -0.0555. The lowest BCUT2D eigenvalue weighted by Crippen LogP contribution is -2.15. The molecule has 0 aliphatic heterocycles. The van der Waals surface area contributed by atoms with Gasteiger partial charge in [-0.3, -0.25) is 9.59 Å². The van der Waals surface area contributed by atoms with Crippen molar-refractivity contribution in [2.45, 2.75) is 80.1 Å². The third kappa shape index (κ3) is 9.59. The normalized spacial score (nSPS) is 11.2. The third-order valence-corrected chi connectivity index (χ3v) is 12.1. The van der Waals surface area contributed by atoms with Crippen LogP contribution in [-0.4, -0.2) is 11.6 Å². The van der Waals surface area contributed by atoms with Gasteiger partial charge in [-0.15, -0.1) is 6.42 Å². The Kier molecular flexibility index (Phi) is 13.0. The van der Waals surface area contributed by atoms with Gasteiger partial charge in [-0.05, 0) is 178 Å². The van der Waals surface area contributed by atoms with Crippen molar-refractivity contribution in [2.75, 3.05) is 0 Å². The highest BCUT2D eigenvalue weighted by atomic mass is 79.9. The molecule has 0 bridgehead atoms. The van der Waals surface area contributed by atoms with Gasteiger partial charge in [-0.1, -0.05) is 95.4 Å². The molecule has 0 saturated heterocycles. The Balaban J connectivity index is 1.42. The number of carbonyl (C=O) groups excluding carboxylic acids is 2. The number of ketones is 2. The van der Waals surface area contributed by atoms with E-state index in [9.17, 15) is 9.59 Å². The Bertz CT molecular complexity index is 2370. The van der Waals surface area contributed by atoms with Crippen LogP contribution in [0.25, 0.3) is 0 Å². The van der Waals surface area contributed by atoms with Crippen molar-refractivity contribution in [1.29, 1.82) is 0 Å². The zero-order chi connectivity index (χ0) is 41.4. The molecule has 0 radical (unpaired) electrons. The standard InChI is InChI=1S/C50H42Br4O2/c1-12-32-21-33(13-15-35-24-39(51)45(40(52)25-35)47(55)43-28(2)17-37(18-29(43)3)49(6,7)8)23-34(22-32)14-16-36-26-41(53)46(42(54)27-36)48(56)44-30(4)19-38(20-31(44)5)50(9,10)11/h1,17-27H,2-11H3. The number of terminal acetylenes is 1. The van der Waals surface area contributed by atoms with E-state index < -0.39 is 0 Å². The molecular formula is C50H42Br4O2. The average molecular weight is 994 g/mol. The first kappa shape index (κ1) is 43.2. The molecule has 0 aromatic heterocycles. The molecule has 5 aromatic rings. The smallest absolute Gasteiger partial charge is 0.195 e. The van der Waals surface area contributed by atoms with Crippen LogP contribution in [0.4, 0.5) is 0 Å². The first-order chi connectivity index (χ1) is 26.1. The summed E-state index contributed by atoms with van der Waals surface area (Å²) in [6.07, 6.45) is 5.83. The second-order valence-corrected chi connectivity index (χ2v) is 19.6. The minimum Gasteiger partial charge on any atom is -0.289 e. The molecule has 0 aliphatic rings. The van der Waals surface area contributed by atoms with Gasteiger partial charge in [0, 0.05) is 56.8 Å². The largest absolute Gasteiger partial charge is 0.289 e. The molecule has 6 heteroatoms. The molecule has 0 atom stereocenters. The maximum absolute atomic E-state index is 13.9. The molecular weight excluding hydrogens is 952 g/mol. The van der Waals surface area contributed by atoms with Crippen LogP contribution in [0.5, 0.6) is 0 Å². The molecule has 0 heterocycles. The Morgan fingerprint density at radius 2 is 0.679 bits per heavy atom. The predicted octanol–water partition coefficient (Wildman–Crippen LogP) is 13.8. The molecule has 5 rings (SSSR count). The summed E-state index contributed by atoms with van der Waals surface area (Å²) < 4.78 is 2.60. The SMILES string of the molecule is C#Cc1cc(C#Cc2cc(Br)c(C(=O)c3c(C)cc(C(C)(C)C)cc3C)c(Br)c2)cc(C#Cc2cc(Br)c(C(=O)c3c(C)cc(C(C)(C)C)cc3C)c(Br)c2)c1. The average Bonchev–Trinajstić information content (AvgIpc) is 3.07. The lowest BCUT2D eigenvalue weighted by Gasteiger charge is -2.22. The van der Waals surface area contributed by atoms with Gasteiger partial charge in [0.05, 0.1) is 11.1 Å². The molecule has 0 amide bonds. The van der Waals surface area contributed by atoms with Crippen LogP contribution in [0, 0.1) is 63.7 Å². The summed E-state index contributed by atoms with van der Waals surface area (Å²) in [5, 5.41) is 0. The quantitative estimate of drug-likeness (QED) is 0.133. The fourth-order valence-electron chi connectivity index (χ4n) is 6.63. The fourth-order valence-corrected chi connectivity index (χ4v) is 9.72. The lowest BCUT2D eigenvalue weighted by molar-refractivity contribution is 0.102. The van der Waals surface area contributed by atoms with Crippen LogP contribution in [0.2, 0.25) is 0 Å². The highest BCUT2D eigenvalue weighted by molar-refractivity contribution is 9.11. The van der Waals surface area contributed by atoms with Crippen LogP contribution in [0.15, 0.2) is 84.6 Å². The molecule has 5 aromatic carbocycles. The van der Waals surface area contributed by atoms with Crippen molar-refractivity contribution in [3.63, 3.8) is 0 Å². The Labute approximate surface area is 366 Å². The second-order valence-electron chi connectivity index (χ2n) is 16.2. The van der Waals surface area contributed by atoms with E-state index >= 15 is 0 Å². The molecule has 0 saturated carbocycles. The van der Waals surface area contributed by atoms with E-state index in [1.165, 1.54) is 11.1 Å². The van der Waals surface area contributed by atoms with E-state index in [4.69, 9.17) is 6.42 Å². The number of benzene rings is 5. The summed E-state index contributed by atoms with van der Waals surface area (Å²) in [7, 11) is 0. The molecule has 282 valence electrons. The van der Waals surface area contributed by atoms with E-state index in [1.807, 2.05) is 70.2 Å². The monoisotopic (exact) mass is 990 g/mol. The van der Waals surface area contributed by atoms with Gasteiger partial charge in [-0.25, -0.2) is 0 Å². The van der Waals surface area contributed by atoms with Crippen LogP contribution < -0.4 is 0 Å². The second kappa shape index (κ2) is 16.9. The van der Waals surface area contributed by atoms with Gasteiger partial charge >= 0.3 is 0 Å². The zero-order valence-corrected chi connectivity index (χ0v) is 39.6. The Hall–Kier alpha value is -3.96. The molecule has 2 nitrogen and oxygen atoms in total. The fraction of sp³-hybridized carbons (Fsp3) is 0.240. The Morgan fingerprint density at radius 1 is 0.429 bits per heavy atom. The topological polar surface area (TPSA) is 34.1 Å². The first-order valence-corrected chi connectivity index (χ1v) is 21.2. The van der Waals surface area contributed by atoms with Crippen LogP contribution in [0.3, 0.4) is 0 Å². The van der Waals surface area contributed by atoms with E-state index in [1.54, 1.807) is 0 Å². The number of hydrogen-bond acceptors (Lipinski definition) is 2. The van der Waals surface area contributed by atoms with Gasteiger partial charge in [0.25, 0.3) is 0 Å². The Morgan fingerprint density at radius 3 is 0.929 bits per heavy atom. The number of rotatable bonds is 4. The van der Waals surface area contributed by atoms with Gasteiger partial charge in [0.2, 0.25) is 0 Å². The van der Waals surface area contributed by atoms with Crippen molar-refractivity contribution in [1.82, 2.24) is 0 Å². The van der Waals surface area contributed by atoms with E-state index in [0.29, 0.717) is 56.8 Å². The first-order valence-electron chi connectivity index (χ1n) is 18.1. The number of aryl methyl sites for hydroxylation is 4. The number of hydrogen-bond donors (Lipinski definition) is 0. The third-order valence-electron chi connectivity index (χ3n) is 9.59. The van der Waals surface area contributed by atoms with Gasteiger partial charge in [-0.2, -0.15) is 0 Å². The van der Waals surface area contributed by atoms with Crippen molar-refractivity contribution >= 4 is 75.3 Å². The summed E-state index contributed by atoms with van der Waals surface area (Å²) >= 11 is 14.6. The van der Waals surface area contributed by atoms with Crippen molar-refractivity contribution in [3.05, 3.63) is 168 Å².